The van der Waals surface area contributed by atoms with Crippen LogP contribution in [0.4, 0.5) is 0 Å². The Bertz CT molecular complexity index is 1370. The van der Waals surface area contributed by atoms with E-state index in [2.05, 4.69) is 93.7 Å². The van der Waals surface area contributed by atoms with Crippen molar-refractivity contribution in [2.45, 2.75) is 329 Å². The van der Waals surface area contributed by atoms with Crippen LogP contribution in [0.2, 0.25) is 0 Å². The molecule has 0 fully saturated rings. The van der Waals surface area contributed by atoms with Gasteiger partial charge in [0, 0.05) is 19.3 Å². The van der Waals surface area contributed by atoms with Crippen molar-refractivity contribution in [1.29, 1.82) is 0 Å². The summed E-state index contributed by atoms with van der Waals surface area (Å²) in [4.78, 5) is 38.3. The molecule has 0 aliphatic carbocycles. The number of unbranched alkanes of at least 4 members (excludes halogenated alkanes) is 35. The summed E-state index contributed by atoms with van der Waals surface area (Å²) < 4.78 is 16.9. The second-order valence-electron chi connectivity index (χ2n) is 21.3. The molecular formula is C68H120O6. The molecule has 0 amide bonds. The highest BCUT2D eigenvalue weighted by Crippen LogP contribution is 2.16. The maximum Gasteiger partial charge on any atom is 0.306 e. The number of ether oxygens (including phenoxy) is 3. The standard InChI is InChI=1S/C68H120O6/c1-4-7-10-13-16-19-22-25-27-29-31-32-33-34-35-36-37-39-40-43-46-49-52-55-58-61-67(70)73-64-65(63-72-66(69)60-57-54-51-48-45-42-24-21-18-15-12-9-6-3)74-68(71)62-59-56-53-50-47-44-41-38-30-28-26-23-20-17-14-11-8-5-2/h9,12,18,21-22,25,28-31,42,45,65H,4-8,10-11,13-17,19-20,23-24,26-27,32-41,43-44,46-64H2,1-3H3/b12-9-,21-18-,25-22-,30-28-,31-29-,45-42-. The third-order valence-electron chi connectivity index (χ3n) is 13.9. The Morgan fingerprint density at radius 2 is 0.527 bits per heavy atom. The first-order valence-corrected chi connectivity index (χ1v) is 31.9. The largest absolute Gasteiger partial charge is 0.462 e. The lowest BCUT2D eigenvalue weighted by molar-refractivity contribution is -0.167. The van der Waals surface area contributed by atoms with Gasteiger partial charge in [-0.2, -0.15) is 0 Å². The van der Waals surface area contributed by atoms with Gasteiger partial charge in [-0.3, -0.25) is 14.4 Å². The molecule has 0 rings (SSSR count). The van der Waals surface area contributed by atoms with E-state index in [1.807, 2.05) is 0 Å². The number of carbonyl (C=O) groups is 3. The summed E-state index contributed by atoms with van der Waals surface area (Å²) in [6.45, 7) is 6.52. The fourth-order valence-corrected chi connectivity index (χ4v) is 9.13. The summed E-state index contributed by atoms with van der Waals surface area (Å²) in [7, 11) is 0. The van der Waals surface area contributed by atoms with E-state index in [0.717, 1.165) is 89.9 Å². The molecule has 0 aromatic heterocycles. The molecule has 0 aromatic rings. The van der Waals surface area contributed by atoms with E-state index in [0.29, 0.717) is 19.3 Å². The highest BCUT2D eigenvalue weighted by molar-refractivity contribution is 5.71. The Hall–Kier alpha value is -3.15. The van der Waals surface area contributed by atoms with Crippen molar-refractivity contribution in [1.82, 2.24) is 0 Å². The predicted molar refractivity (Wildman–Crippen MR) is 321 cm³/mol. The van der Waals surface area contributed by atoms with Crippen LogP contribution in [0.1, 0.15) is 323 Å². The molecule has 0 saturated carbocycles. The average Bonchev–Trinajstić information content (AvgIpc) is 3.40. The Kier molecular flexibility index (Phi) is 59.7. The molecule has 0 aliphatic rings. The highest BCUT2D eigenvalue weighted by atomic mass is 16.6. The minimum atomic E-state index is -0.790. The van der Waals surface area contributed by atoms with E-state index >= 15 is 0 Å². The first-order chi connectivity index (χ1) is 36.5. The molecule has 1 atom stereocenters. The molecule has 428 valence electrons. The van der Waals surface area contributed by atoms with Gasteiger partial charge in [-0.05, 0) is 109 Å². The smallest absolute Gasteiger partial charge is 0.306 e. The minimum Gasteiger partial charge on any atom is -0.462 e. The number of hydrogen-bond donors (Lipinski definition) is 0. The summed E-state index contributed by atoms with van der Waals surface area (Å²) in [5.41, 5.74) is 0. The van der Waals surface area contributed by atoms with Gasteiger partial charge in [-0.25, -0.2) is 0 Å². The molecule has 0 bridgehead atoms. The number of rotatable bonds is 58. The van der Waals surface area contributed by atoms with E-state index in [1.54, 1.807) is 0 Å². The summed E-state index contributed by atoms with van der Waals surface area (Å²) in [6, 6.07) is 0. The number of allylic oxidation sites excluding steroid dienone is 12. The van der Waals surface area contributed by atoms with Crippen LogP contribution in [0.15, 0.2) is 72.9 Å². The van der Waals surface area contributed by atoms with Gasteiger partial charge >= 0.3 is 17.9 Å². The van der Waals surface area contributed by atoms with Gasteiger partial charge in [0.05, 0.1) is 0 Å². The second-order valence-corrected chi connectivity index (χ2v) is 21.3. The molecule has 1 unspecified atom stereocenters. The highest BCUT2D eigenvalue weighted by Gasteiger charge is 2.19. The van der Waals surface area contributed by atoms with Gasteiger partial charge < -0.3 is 14.2 Å². The van der Waals surface area contributed by atoms with Crippen molar-refractivity contribution in [2.24, 2.45) is 0 Å². The van der Waals surface area contributed by atoms with Crippen molar-refractivity contribution in [3.63, 3.8) is 0 Å². The maximum absolute atomic E-state index is 12.9. The Balaban J connectivity index is 4.30. The van der Waals surface area contributed by atoms with Crippen LogP contribution in [0.5, 0.6) is 0 Å². The van der Waals surface area contributed by atoms with E-state index in [1.165, 1.54) is 193 Å². The summed E-state index contributed by atoms with van der Waals surface area (Å²) in [5.74, 6) is -0.908. The quantitative estimate of drug-likeness (QED) is 0.0261. The normalized spacial score (nSPS) is 12.5. The SMILES string of the molecule is CC/C=C\C/C=C\C/C=C\CCCCCC(=O)OCC(COC(=O)CCCCCCCCCCCCCCC/C=C\C/C=C\CCCCCCC)OC(=O)CCCCCCCCC/C=C\CCCCCCCCC. The Morgan fingerprint density at radius 3 is 0.851 bits per heavy atom. The lowest BCUT2D eigenvalue weighted by atomic mass is 10.0. The number of carbonyl (C=O) groups excluding carboxylic acids is 3. The van der Waals surface area contributed by atoms with Crippen molar-refractivity contribution >= 4 is 17.9 Å². The van der Waals surface area contributed by atoms with Crippen LogP contribution >= 0.6 is 0 Å². The molecule has 0 aliphatic heterocycles. The molecular weight excluding hydrogens is 913 g/mol. The summed E-state index contributed by atoms with van der Waals surface area (Å²) >= 11 is 0. The third kappa shape index (κ3) is 59.7. The van der Waals surface area contributed by atoms with E-state index < -0.39 is 6.10 Å². The molecule has 0 radical (unpaired) electrons. The third-order valence-corrected chi connectivity index (χ3v) is 13.9. The average molecular weight is 1030 g/mol. The van der Waals surface area contributed by atoms with Crippen LogP contribution in [-0.2, 0) is 28.6 Å². The van der Waals surface area contributed by atoms with Crippen LogP contribution < -0.4 is 0 Å². The zero-order valence-corrected chi connectivity index (χ0v) is 49.1. The van der Waals surface area contributed by atoms with Gasteiger partial charge in [0.1, 0.15) is 13.2 Å². The molecule has 6 nitrogen and oxygen atoms in total. The Morgan fingerprint density at radius 1 is 0.284 bits per heavy atom. The van der Waals surface area contributed by atoms with E-state index in [-0.39, 0.29) is 31.1 Å². The minimum absolute atomic E-state index is 0.0854. The van der Waals surface area contributed by atoms with Crippen molar-refractivity contribution in [2.75, 3.05) is 13.2 Å². The lowest BCUT2D eigenvalue weighted by Crippen LogP contribution is -2.30. The molecule has 0 heterocycles. The van der Waals surface area contributed by atoms with Gasteiger partial charge in [-0.1, -0.05) is 267 Å². The van der Waals surface area contributed by atoms with Gasteiger partial charge in [0.2, 0.25) is 0 Å². The fraction of sp³-hybridized carbons (Fsp3) is 0.779. The molecule has 0 saturated heterocycles. The van der Waals surface area contributed by atoms with Crippen molar-refractivity contribution < 1.29 is 28.6 Å². The fourth-order valence-electron chi connectivity index (χ4n) is 9.13. The van der Waals surface area contributed by atoms with Gasteiger partial charge in [-0.15, -0.1) is 0 Å². The van der Waals surface area contributed by atoms with Crippen LogP contribution in [0, 0.1) is 0 Å². The zero-order valence-electron chi connectivity index (χ0n) is 49.1. The summed E-state index contributed by atoms with van der Waals surface area (Å²) in [6.07, 6.45) is 80.6. The van der Waals surface area contributed by atoms with Crippen molar-refractivity contribution in [3.8, 4) is 0 Å². The van der Waals surface area contributed by atoms with Crippen LogP contribution in [0.25, 0.3) is 0 Å². The predicted octanol–water partition coefficient (Wildman–Crippen LogP) is 21.7. The second kappa shape index (κ2) is 62.4. The maximum atomic E-state index is 12.9. The van der Waals surface area contributed by atoms with Crippen LogP contribution in [0.3, 0.4) is 0 Å². The molecule has 0 spiro atoms. The van der Waals surface area contributed by atoms with Crippen molar-refractivity contribution in [3.05, 3.63) is 72.9 Å². The number of hydrogen-bond acceptors (Lipinski definition) is 6. The lowest BCUT2D eigenvalue weighted by Gasteiger charge is -2.18. The van der Waals surface area contributed by atoms with E-state index in [9.17, 15) is 14.4 Å². The van der Waals surface area contributed by atoms with Gasteiger partial charge in [0.15, 0.2) is 6.10 Å². The number of esters is 3. The topological polar surface area (TPSA) is 78.9 Å². The zero-order chi connectivity index (χ0) is 53.6. The Labute approximate surface area is 459 Å². The van der Waals surface area contributed by atoms with E-state index in [4.69, 9.17) is 14.2 Å². The summed E-state index contributed by atoms with van der Waals surface area (Å²) in [5, 5.41) is 0. The molecule has 74 heavy (non-hydrogen) atoms. The molecule has 0 aromatic carbocycles. The van der Waals surface area contributed by atoms with Gasteiger partial charge in [0.25, 0.3) is 0 Å². The molecule has 6 heteroatoms. The monoisotopic (exact) mass is 1030 g/mol. The first kappa shape index (κ1) is 70.8. The first-order valence-electron chi connectivity index (χ1n) is 31.9. The van der Waals surface area contributed by atoms with Crippen LogP contribution in [-0.4, -0.2) is 37.2 Å². The molecule has 0 N–H and O–H groups in total.